The zero-order chi connectivity index (χ0) is 18.1. The maximum absolute atomic E-state index is 12.2. The van der Waals surface area contributed by atoms with E-state index in [0.29, 0.717) is 29.6 Å². The molecule has 1 aliphatic heterocycles. The van der Waals surface area contributed by atoms with Crippen molar-refractivity contribution in [2.45, 2.75) is 32.2 Å². The van der Waals surface area contributed by atoms with Gasteiger partial charge in [0.15, 0.2) is 11.5 Å². The van der Waals surface area contributed by atoms with Gasteiger partial charge in [0.05, 0.1) is 14.2 Å². The lowest BCUT2D eigenvalue weighted by Crippen LogP contribution is -2.44. The summed E-state index contributed by atoms with van der Waals surface area (Å²) in [7, 11) is 3.14. The van der Waals surface area contributed by atoms with Crippen molar-refractivity contribution in [3.8, 4) is 11.5 Å². The molecule has 0 aromatic heterocycles. The highest BCUT2D eigenvalue weighted by Crippen LogP contribution is 2.27. The molecule has 0 unspecified atom stereocenters. The van der Waals surface area contributed by atoms with E-state index in [0.717, 1.165) is 6.54 Å². The van der Waals surface area contributed by atoms with Crippen molar-refractivity contribution in [3.63, 3.8) is 0 Å². The first kappa shape index (κ1) is 19.5. The summed E-state index contributed by atoms with van der Waals surface area (Å²) in [6.45, 7) is 7.17. The molecule has 0 bridgehead atoms. The number of hydrogen-bond acceptors (Lipinski definition) is 5. The summed E-state index contributed by atoms with van der Waals surface area (Å²) in [5.74, 6) is 1.09. The van der Waals surface area contributed by atoms with Crippen LogP contribution >= 0.6 is 0 Å². The fraction of sp³-hybridized carbons (Fsp3) is 0.632. The second-order valence-electron chi connectivity index (χ2n) is 6.40. The summed E-state index contributed by atoms with van der Waals surface area (Å²) >= 11 is 0. The number of piperidine rings is 1. The molecule has 25 heavy (non-hydrogen) atoms. The fourth-order valence-corrected chi connectivity index (χ4v) is 3.21. The summed E-state index contributed by atoms with van der Waals surface area (Å²) in [6.07, 6.45) is 3.59. The lowest BCUT2D eigenvalue weighted by atomic mass is 10.0. The third-order valence-corrected chi connectivity index (χ3v) is 4.62. The topological polar surface area (TPSA) is 62.8 Å². The van der Waals surface area contributed by atoms with E-state index in [9.17, 15) is 4.79 Å². The number of carbonyl (C=O) groups is 1. The molecular weight excluding hydrogens is 318 g/mol. The van der Waals surface area contributed by atoms with E-state index in [1.54, 1.807) is 32.4 Å². The molecule has 1 aromatic carbocycles. The van der Waals surface area contributed by atoms with E-state index in [2.05, 4.69) is 22.5 Å². The Hall–Kier alpha value is -1.79. The molecule has 1 amide bonds. The minimum atomic E-state index is -0.0967. The SMILES string of the molecule is CCCN1CCC(NCCNC(=O)c2ccc(OC)c(OC)c2)CC1. The molecule has 1 fully saturated rings. The average molecular weight is 349 g/mol. The predicted molar refractivity (Wildman–Crippen MR) is 99.6 cm³/mol. The third-order valence-electron chi connectivity index (χ3n) is 4.62. The Balaban J connectivity index is 1.69. The van der Waals surface area contributed by atoms with Crippen molar-refractivity contribution in [3.05, 3.63) is 23.8 Å². The second kappa shape index (κ2) is 10.3. The predicted octanol–water partition coefficient (Wildman–Crippen LogP) is 1.90. The number of methoxy groups -OCH3 is 2. The molecule has 0 saturated carbocycles. The van der Waals surface area contributed by atoms with Gasteiger partial charge in [0.25, 0.3) is 5.91 Å². The van der Waals surface area contributed by atoms with Gasteiger partial charge in [0, 0.05) is 24.7 Å². The van der Waals surface area contributed by atoms with Crippen molar-refractivity contribution < 1.29 is 14.3 Å². The highest BCUT2D eigenvalue weighted by molar-refractivity contribution is 5.94. The molecule has 6 nitrogen and oxygen atoms in total. The van der Waals surface area contributed by atoms with Crippen molar-refractivity contribution >= 4 is 5.91 Å². The number of amides is 1. The summed E-state index contributed by atoms with van der Waals surface area (Å²) in [5, 5.41) is 6.49. The first-order valence-corrected chi connectivity index (χ1v) is 9.13. The Morgan fingerprint density at radius 3 is 2.52 bits per heavy atom. The minimum Gasteiger partial charge on any atom is -0.493 e. The van der Waals surface area contributed by atoms with E-state index < -0.39 is 0 Å². The van der Waals surface area contributed by atoms with Crippen LogP contribution in [0.2, 0.25) is 0 Å². The Labute approximate surface area is 150 Å². The largest absolute Gasteiger partial charge is 0.493 e. The maximum atomic E-state index is 12.2. The Kier molecular flexibility index (Phi) is 8.01. The van der Waals surface area contributed by atoms with Gasteiger partial charge < -0.3 is 25.0 Å². The molecule has 1 heterocycles. The summed E-state index contributed by atoms with van der Waals surface area (Å²) in [4.78, 5) is 14.8. The van der Waals surface area contributed by atoms with E-state index >= 15 is 0 Å². The molecule has 0 spiro atoms. The molecule has 140 valence electrons. The molecular formula is C19H31N3O3. The first-order chi connectivity index (χ1) is 12.2. The number of hydrogen-bond donors (Lipinski definition) is 2. The molecule has 1 saturated heterocycles. The molecule has 0 radical (unpaired) electrons. The zero-order valence-corrected chi connectivity index (χ0v) is 15.6. The fourth-order valence-electron chi connectivity index (χ4n) is 3.21. The number of carbonyl (C=O) groups excluding carboxylic acids is 1. The standard InChI is InChI=1S/C19H31N3O3/c1-4-11-22-12-7-16(8-13-22)20-9-10-21-19(23)15-5-6-17(24-2)18(14-15)25-3/h5-6,14,16,20H,4,7-13H2,1-3H3,(H,21,23). The van der Waals surface area contributed by atoms with Crippen LogP contribution in [0.15, 0.2) is 18.2 Å². The van der Waals surface area contributed by atoms with E-state index in [1.165, 1.54) is 38.9 Å². The monoisotopic (exact) mass is 349 g/mol. The zero-order valence-electron chi connectivity index (χ0n) is 15.6. The number of rotatable bonds is 9. The Bertz CT molecular complexity index is 543. The lowest BCUT2D eigenvalue weighted by molar-refractivity contribution is 0.0952. The average Bonchev–Trinajstić information content (AvgIpc) is 2.66. The molecule has 2 N–H and O–H groups in total. The van der Waals surface area contributed by atoms with Gasteiger partial charge in [0.1, 0.15) is 0 Å². The van der Waals surface area contributed by atoms with E-state index in [4.69, 9.17) is 9.47 Å². The van der Waals surface area contributed by atoms with Crippen LogP contribution in [0, 0.1) is 0 Å². The van der Waals surface area contributed by atoms with Crippen molar-refractivity contribution in [2.75, 3.05) is 46.9 Å². The number of likely N-dealkylation sites (tertiary alicyclic amines) is 1. The van der Waals surface area contributed by atoms with Gasteiger partial charge in [-0.15, -0.1) is 0 Å². The van der Waals surface area contributed by atoms with E-state index in [1.807, 2.05) is 0 Å². The lowest BCUT2D eigenvalue weighted by Gasteiger charge is -2.32. The summed E-state index contributed by atoms with van der Waals surface area (Å²) in [5.41, 5.74) is 0.575. The molecule has 0 aliphatic carbocycles. The van der Waals surface area contributed by atoms with Crippen LogP contribution in [0.4, 0.5) is 0 Å². The molecule has 2 rings (SSSR count). The highest BCUT2D eigenvalue weighted by Gasteiger charge is 2.17. The third kappa shape index (κ3) is 5.90. The number of ether oxygens (including phenoxy) is 2. The summed E-state index contributed by atoms with van der Waals surface area (Å²) < 4.78 is 10.4. The smallest absolute Gasteiger partial charge is 0.251 e. The normalized spacial score (nSPS) is 15.8. The van der Waals surface area contributed by atoms with Gasteiger partial charge in [-0.25, -0.2) is 0 Å². The van der Waals surface area contributed by atoms with Crippen LogP contribution in [0.5, 0.6) is 11.5 Å². The maximum Gasteiger partial charge on any atom is 0.251 e. The number of benzene rings is 1. The second-order valence-corrected chi connectivity index (χ2v) is 6.40. The molecule has 0 atom stereocenters. The van der Waals surface area contributed by atoms with Crippen LogP contribution < -0.4 is 20.1 Å². The van der Waals surface area contributed by atoms with Crippen LogP contribution in [-0.4, -0.2) is 63.8 Å². The van der Waals surface area contributed by atoms with Gasteiger partial charge in [-0.2, -0.15) is 0 Å². The van der Waals surface area contributed by atoms with Crippen LogP contribution in [0.1, 0.15) is 36.5 Å². The van der Waals surface area contributed by atoms with Gasteiger partial charge in [0.2, 0.25) is 0 Å². The van der Waals surface area contributed by atoms with Crippen molar-refractivity contribution in [1.82, 2.24) is 15.5 Å². The van der Waals surface area contributed by atoms with E-state index in [-0.39, 0.29) is 5.91 Å². The molecule has 1 aliphatic rings. The number of nitrogens with zero attached hydrogens (tertiary/aromatic N) is 1. The number of nitrogens with one attached hydrogen (secondary N) is 2. The summed E-state index contributed by atoms with van der Waals surface area (Å²) in [6, 6.07) is 5.75. The Morgan fingerprint density at radius 1 is 1.16 bits per heavy atom. The first-order valence-electron chi connectivity index (χ1n) is 9.13. The van der Waals surface area contributed by atoms with Crippen molar-refractivity contribution in [1.29, 1.82) is 0 Å². The van der Waals surface area contributed by atoms with Crippen LogP contribution in [-0.2, 0) is 0 Å². The minimum absolute atomic E-state index is 0.0967. The van der Waals surface area contributed by atoms with Crippen LogP contribution in [0.25, 0.3) is 0 Å². The van der Waals surface area contributed by atoms with Gasteiger partial charge >= 0.3 is 0 Å². The van der Waals surface area contributed by atoms with Gasteiger partial charge in [-0.1, -0.05) is 6.92 Å². The molecule has 1 aromatic rings. The van der Waals surface area contributed by atoms with Crippen molar-refractivity contribution in [2.24, 2.45) is 0 Å². The highest BCUT2D eigenvalue weighted by atomic mass is 16.5. The van der Waals surface area contributed by atoms with Gasteiger partial charge in [-0.3, -0.25) is 4.79 Å². The van der Waals surface area contributed by atoms with Gasteiger partial charge in [-0.05, 0) is 57.1 Å². The Morgan fingerprint density at radius 2 is 1.88 bits per heavy atom. The molecule has 6 heteroatoms. The quantitative estimate of drug-likeness (QED) is 0.667. The van der Waals surface area contributed by atoms with Crippen LogP contribution in [0.3, 0.4) is 0 Å².